The summed E-state index contributed by atoms with van der Waals surface area (Å²) < 4.78 is 23.4. The van der Waals surface area contributed by atoms with E-state index >= 15 is 0 Å². The molecule has 172 valence electrons. The molecule has 0 aromatic heterocycles. The summed E-state index contributed by atoms with van der Waals surface area (Å²) in [6, 6.07) is 18.6. The van der Waals surface area contributed by atoms with Gasteiger partial charge >= 0.3 is 0 Å². The molecule has 6 nitrogen and oxygen atoms in total. The Kier molecular flexibility index (Phi) is 7.08. The van der Waals surface area contributed by atoms with Gasteiger partial charge in [-0.3, -0.25) is 4.79 Å². The average molecular weight is 512 g/mol. The van der Waals surface area contributed by atoms with Crippen molar-refractivity contribution in [3.05, 3.63) is 81.8 Å². The number of hydrogen-bond acceptors (Lipinski definition) is 5. The lowest BCUT2D eigenvalue weighted by Gasteiger charge is -2.38. The largest absolute Gasteiger partial charge is 0.493 e. The zero-order valence-corrected chi connectivity index (χ0v) is 20.4. The highest BCUT2D eigenvalue weighted by Gasteiger charge is 2.34. The zero-order valence-electron chi connectivity index (χ0n) is 18.8. The third-order valence-electron chi connectivity index (χ3n) is 5.83. The van der Waals surface area contributed by atoms with E-state index in [1.807, 2.05) is 65.6 Å². The summed E-state index contributed by atoms with van der Waals surface area (Å²) in [4.78, 5) is 15.5. The maximum atomic E-state index is 13.6. The molecule has 0 bridgehead atoms. The second-order valence-electron chi connectivity index (χ2n) is 7.61. The van der Waals surface area contributed by atoms with Crippen LogP contribution in [-0.2, 0) is 6.42 Å². The van der Waals surface area contributed by atoms with Gasteiger partial charge in [0.2, 0.25) is 0 Å². The molecule has 1 amide bonds. The van der Waals surface area contributed by atoms with Crippen LogP contribution in [-0.4, -0.2) is 45.3 Å². The number of nitrogens with zero attached hydrogens (tertiary/aromatic N) is 1. The van der Waals surface area contributed by atoms with Crippen LogP contribution in [0.1, 0.15) is 27.5 Å². The molecule has 33 heavy (non-hydrogen) atoms. The fourth-order valence-corrected chi connectivity index (χ4v) is 4.60. The van der Waals surface area contributed by atoms with Gasteiger partial charge in [0.15, 0.2) is 23.0 Å². The van der Waals surface area contributed by atoms with Crippen molar-refractivity contribution < 1.29 is 23.7 Å². The molecule has 0 unspecified atom stereocenters. The standard InChI is InChI=1S/C26H26BrNO5/c1-30-22-10-6-7-11-23(22)33-16-21-19-15-25(32-3)24(31-2)14-17(19)12-13-28(21)26(29)18-8-4-5-9-20(18)27/h4-11,14-15,21H,12-13,16H2,1-3H3/t21-/m1/s1. The number of carbonyl (C=O) groups is 1. The SMILES string of the molecule is COc1cc2c(cc1OC)[C@@H](COc1ccccc1OC)N(C(=O)c1ccccc1Br)CC2. The summed E-state index contributed by atoms with van der Waals surface area (Å²) in [7, 11) is 4.84. The van der Waals surface area contributed by atoms with E-state index in [0.29, 0.717) is 41.5 Å². The van der Waals surface area contributed by atoms with Gasteiger partial charge in [-0.1, -0.05) is 24.3 Å². The van der Waals surface area contributed by atoms with E-state index in [2.05, 4.69) is 15.9 Å². The number of benzene rings is 3. The zero-order chi connectivity index (χ0) is 23.4. The van der Waals surface area contributed by atoms with Crippen molar-refractivity contribution in [3.63, 3.8) is 0 Å². The molecule has 0 radical (unpaired) electrons. The molecule has 1 aliphatic rings. The molecular weight excluding hydrogens is 486 g/mol. The van der Waals surface area contributed by atoms with Crippen LogP contribution in [0.4, 0.5) is 0 Å². The Hall–Kier alpha value is -3.19. The average Bonchev–Trinajstić information content (AvgIpc) is 2.86. The summed E-state index contributed by atoms with van der Waals surface area (Å²) in [6.45, 7) is 0.821. The van der Waals surface area contributed by atoms with Crippen LogP contribution in [0, 0.1) is 0 Å². The lowest BCUT2D eigenvalue weighted by molar-refractivity contribution is 0.0586. The van der Waals surface area contributed by atoms with Crippen molar-refractivity contribution in [2.75, 3.05) is 34.5 Å². The van der Waals surface area contributed by atoms with E-state index in [1.54, 1.807) is 21.3 Å². The van der Waals surface area contributed by atoms with Crippen LogP contribution >= 0.6 is 15.9 Å². The number of hydrogen-bond donors (Lipinski definition) is 0. The van der Waals surface area contributed by atoms with Crippen LogP contribution in [0.15, 0.2) is 65.1 Å². The van der Waals surface area contributed by atoms with E-state index in [1.165, 1.54) is 0 Å². The first-order valence-electron chi connectivity index (χ1n) is 10.6. The molecule has 0 spiro atoms. The van der Waals surface area contributed by atoms with Gasteiger partial charge in [-0.2, -0.15) is 0 Å². The molecule has 3 aromatic rings. The van der Waals surface area contributed by atoms with Crippen molar-refractivity contribution in [1.29, 1.82) is 0 Å². The highest BCUT2D eigenvalue weighted by atomic mass is 79.9. The summed E-state index contributed by atoms with van der Waals surface area (Å²) in [6.07, 6.45) is 0.705. The molecule has 4 rings (SSSR count). The minimum Gasteiger partial charge on any atom is -0.493 e. The van der Waals surface area contributed by atoms with Gasteiger partial charge in [0.05, 0.1) is 32.9 Å². The summed E-state index contributed by atoms with van der Waals surface area (Å²) >= 11 is 3.52. The fraction of sp³-hybridized carbons (Fsp3) is 0.269. The van der Waals surface area contributed by atoms with Crippen LogP contribution in [0.2, 0.25) is 0 Å². The maximum Gasteiger partial charge on any atom is 0.255 e. The summed E-state index contributed by atoms with van der Waals surface area (Å²) in [5.41, 5.74) is 2.70. The monoisotopic (exact) mass is 511 g/mol. The number of carbonyl (C=O) groups excluding carboxylic acids is 1. The number of halogens is 1. The number of rotatable bonds is 7. The third-order valence-corrected chi connectivity index (χ3v) is 6.53. The van der Waals surface area contributed by atoms with E-state index < -0.39 is 0 Å². The number of fused-ring (bicyclic) bond motifs is 1. The number of amides is 1. The van der Waals surface area contributed by atoms with Crippen molar-refractivity contribution in [3.8, 4) is 23.0 Å². The number of methoxy groups -OCH3 is 3. The van der Waals surface area contributed by atoms with Crippen LogP contribution in [0.3, 0.4) is 0 Å². The highest BCUT2D eigenvalue weighted by Crippen LogP contribution is 2.40. The van der Waals surface area contributed by atoms with E-state index in [-0.39, 0.29) is 18.6 Å². The molecule has 3 aromatic carbocycles. The van der Waals surface area contributed by atoms with Gasteiger partial charge < -0.3 is 23.8 Å². The Morgan fingerprint density at radius 2 is 1.55 bits per heavy atom. The molecule has 1 aliphatic heterocycles. The number of ether oxygens (including phenoxy) is 4. The maximum absolute atomic E-state index is 13.6. The summed E-state index contributed by atoms with van der Waals surface area (Å²) in [5, 5.41) is 0. The van der Waals surface area contributed by atoms with E-state index in [4.69, 9.17) is 18.9 Å². The molecular formula is C26H26BrNO5. The second-order valence-corrected chi connectivity index (χ2v) is 8.47. The summed E-state index contributed by atoms with van der Waals surface area (Å²) in [5.74, 6) is 2.50. The molecule has 7 heteroatoms. The fourth-order valence-electron chi connectivity index (χ4n) is 4.15. The van der Waals surface area contributed by atoms with Gasteiger partial charge in [-0.25, -0.2) is 0 Å². The smallest absolute Gasteiger partial charge is 0.255 e. The van der Waals surface area contributed by atoms with E-state index in [9.17, 15) is 4.79 Å². The Balaban J connectivity index is 1.73. The Bertz CT molecular complexity index is 1150. The van der Waals surface area contributed by atoms with Crippen LogP contribution < -0.4 is 18.9 Å². The van der Waals surface area contributed by atoms with Crippen LogP contribution in [0.25, 0.3) is 0 Å². The van der Waals surface area contributed by atoms with Crippen molar-refractivity contribution in [2.45, 2.75) is 12.5 Å². The molecule has 0 fully saturated rings. The topological polar surface area (TPSA) is 57.2 Å². The lowest BCUT2D eigenvalue weighted by Crippen LogP contribution is -2.42. The molecule has 1 atom stereocenters. The third kappa shape index (κ3) is 4.64. The quantitative estimate of drug-likeness (QED) is 0.431. The second kappa shape index (κ2) is 10.2. The first kappa shape index (κ1) is 23.0. The minimum absolute atomic E-state index is 0.0588. The number of para-hydroxylation sites is 2. The molecule has 0 saturated heterocycles. The Morgan fingerprint density at radius 3 is 2.24 bits per heavy atom. The van der Waals surface area contributed by atoms with Crippen LogP contribution in [0.5, 0.6) is 23.0 Å². The molecule has 0 N–H and O–H groups in total. The van der Waals surface area contributed by atoms with Gasteiger partial charge in [-0.15, -0.1) is 0 Å². The van der Waals surface area contributed by atoms with Gasteiger partial charge in [0.25, 0.3) is 5.91 Å². The molecule has 1 heterocycles. The minimum atomic E-state index is -0.321. The van der Waals surface area contributed by atoms with Crippen molar-refractivity contribution in [1.82, 2.24) is 4.90 Å². The molecule has 0 aliphatic carbocycles. The normalized spacial score (nSPS) is 14.9. The predicted molar refractivity (Wildman–Crippen MR) is 130 cm³/mol. The molecule has 0 saturated carbocycles. The first-order chi connectivity index (χ1) is 16.1. The highest BCUT2D eigenvalue weighted by molar-refractivity contribution is 9.10. The Labute approximate surface area is 202 Å². The van der Waals surface area contributed by atoms with Gasteiger partial charge in [0, 0.05) is 11.0 Å². The van der Waals surface area contributed by atoms with Gasteiger partial charge in [-0.05, 0) is 69.9 Å². The predicted octanol–water partition coefficient (Wildman–Crippen LogP) is 5.29. The van der Waals surface area contributed by atoms with Crippen molar-refractivity contribution >= 4 is 21.8 Å². The Morgan fingerprint density at radius 1 is 0.909 bits per heavy atom. The first-order valence-corrected chi connectivity index (χ1v) is 11.4. The lowest BCUT2D eigenvalue weighted by atomic mass is 9.91. The van der Waals surface area contributed by atoms with Crippen molar-refractivity contribution in [2.24, 2.45) is 0 Å². The van der Waals surface area contributed by atoms with Gasteiger partial charge in [0.1, 0.15) is 6.61 Å². The van der Waals surface area contributed by atoms with E-state index in [0.717, 1.165) is 15.6 Å².